The third-order valence-corrected chi connectivity index (χ3v) is 5.26. The Morgan fingerprint density at radius 1 is 1.20 bits per heavy atom. The molecule has 1 atom stereocenters. The number of hydrogen-bond acceptors (Lipinski definition) is 4. The van der Waals surface area contributed by atoms with Crippen LogP contribution in [-0.2, 0) is 25.5 Å². The summed E-state index contributed by atoms with van der Waals surface area (Å²) < 4.78 is 3.76. The number of nitrogens with one attached hydrogen (secondary N) is 2. The predicted octanol–water partition coefficient (Wildman–Crippen LogP) is 2.43. The predicted molar refractivity (Wildman–Crippen MR) is 95.6 cm³/mol. The highest BCUT2D eigenvalue weighted by atomic mass is 35.5. The van der Waals surface area contributed by atoms with Gasteiger partial charge in [0.2, 0.25) is 5.91 Å². The number of carbonyl (C=O) groups excluding carboxylic acids is 3. The lowest BCUT2D eigenvalue weighted by Gasteiger charge is -2.12. The second kappa shape index (κ2) is 7.62. The second-order valence-electron chi connectivity index (χ2n) is 6.13. The number of amides is 2. The molecule has 0 spiro atoms. The van der Waals surface area contributed by atoms with E-state index in [4.69, 9.17) is 27.9 Å². The average molecular weight is 387 g/mol. The zero-order valence-corrected chi connectivity index (χ0v) is 15.5. The summed E-state index contributed by atoms with van der Waals surface area (Å²) in [5.41, 5.74) is 0.717. The zero-order valence-electron chi connectivity index (χ0n) is 14.0. The van der Waals surface area contributed by atoms with Crippen molar-refractivity contribution in [2.45, 2.75) is 31.0 Å². The Bertz CT molecular complexity index is 693. The summed E-state index contributed by atoms with van der Waals surface area (Å²) in [6.45, 7) is 2.85. The molecule has 0 aliphatic heterocycles. The van der Waals surface area contributed by atoms with Crippen LogP contribution in [0, 0.1) is 5.41 Å². The molecule has 0 unspecified atom stereocenters. The molecule has 0 heterocycles. The van der Waals surface area contributed by atoms with Crippen LogP contribution in [0.5, 0.6) is 0 Å². The van der Waals surface area contributed by atoms with E-state index >= 15 is 0 Å². The van der Waals surface area contributed by atoms with Gasteiger partial charge in [-0.1, -0.05) is 25.1 Å². The van der Waals surface area contributed by atoms with Crippen LogP contribution >= 0.6 is 23.2 Å². The maximum atomic E-state index is 11.9. The molecule has 25 heavy (non-hydrogen) atoms. The topological polar surface area (TPSA) is 84.5 Å². The van der Waals surface area contributed by atoms with Crippen LogP contribution in [0.1, 0.15) is 25.8 Å². The van der Waals surface area contributed by atoms with Gasteiger partial charge in [-0.2, -0.15) is 0 Å². The van der Waals surface area contributed by atoms with Crippen molar-refractivity contribution in [2.75, 3.05) is 18.5 Å². The number of hydrogen-bond donors (Lipinski definition) is 2. The van der Waals surface area contributed by atoms with Gasteiger partial charge in [-0.05, 0) is 25.0 Å². The normalized spacial score (nSPS) is 20.5. The van der Waals surface area contributed by atoms with Crippen molar-refractivity contribution in [3.8, 4) is 0 Å². The lowest BCUT2D eigenvalue weighted by molar-refractivity contribution is -0.153. The highest BCUT2D eigenvalue weighted by Crippen LogP contribution is 2.64. The van der Waals surface area contributed by atoms with Crippen LogP contribution in [0.3, 0.4) is 0 Å². The fraction of sp³-hybridized carbons (Fsp3) is 0.471. The zero-order chi connectivity index (χ0) is 18.7. The minimum atomic E-state index is -1.15. The van der Waals surface area contributed by atoms with Crippen LogP contribution in [0.15, 0.2) is 24.3 Å². The Kier molecular flexibility index (Phi) is 5.95. The maximum absolute atomic E-state index is 11.9. The van der Waals surface area contributed by atoms with E-state index in [9.17, 15) is 14.4 Å². The van der Waals surface area contributed by atoms with Gasteiger partial charge in [0.1, 0.15) is 9.75 Å². The molecule has 136 valence electrons. The van der Waals surface area contributed by atoms with Crippen molar-refractivity contribution in [2.24, 2.45) is 5.41 Å². The van der Waals surface area contributed by atoms with Crippen LogP contribution in [-0.4, -0.2) is 35.3 Å². The number of halogens is 2. The number of carbonyl (C=O) groups is 3. The fourth-order valence-electron chi connectivity index (χ4n) is 2.29. The smallest absolute Gasteiger partial charge is 0.315 e. The molecule has 2 N–H and O–H groups in total. The maximum Gasteiger partial charge on any atom is 0.315 e. The number of rotatable bonds is 7. The van der Waals surface area contributed by atoms with Gasteiger partial charge in [0.15, 0.2) is 6.61 Å². The minimum Gasteiger partial charge on any atom is -0.455 e. The number of benzene rings is 1. The van der Waals surface area contributed by atoms with E-state index in [1.807, 2.05) is 25.1 Å². The first kappa shape index (κ1) is 19.5. The number of para-hydroxylation sites is 1. The minimum absolute atomic E-state index is 0.222. The summed E-state index contributed by atoms with van der Waals surface area (Å²) in [5.74, 6) is -1.57. The van der Waals surface area contributed by atoms with Gasteiger partial charge >= 0.3 is 5.97 Å². The van der Waals surface area contributed by atoms with Gasteiger partial charge in [-0.25, -0.2) is 0 Å². The molecule has 0 radical (unpaired) electrons. The summed E-state index contributed by atoms with van der Waals surface area (Å²) >= 11 is 11.7. The summed E-state index contributed by atoms with van der Waals surface area (Å²) in [5, 5.41) is 5.12. The van der Waals surface area contributed by atoms with Crippen LogP contribution in [0.4, 0.5) is 5.69 Å². The molecule has 1 saturated carbocycles. The van der Waals surface area contributed by atoms with E-state index in [-0.39, 0.29) is 18.9 Å². The van der Waals surface area contributed by atoms with Crippen molar-refractivity contribution in [1.82, 2.24) is 5.32 Å². The van der Waals surface area contributed by atoms with Gasteiger partial charge in [-0.3, -0.25) is 14.4 Å². The van der Waals surface area contributed by atoms with Gasteiger partial charge in [0.25, 0.3) is 5.91 Å². The number of anilines is 1. The van der Waals surface area contributed by atoms with Gasteiger partial charge < -0.3 is 15.4 Å². The Morgan fingerprint density at radius 3 is 2.44 bits per heavy atom. The summed E-state index contributed by atoms with van der Waals surface area (Å²) in [6.07, 6.45) is 1.06. The molecular weight excluding hydrogens is 367 g/mol. The SMILES string of the molecule is CCc1ccccc1NC(=O)CNC(=O)COC(=O)[C@@]1(C)CC1(Cl)Cl. The monoisotopic (exact) mass is 386 g/mol. The molecule has 1 aromatic rings. The fourth-order valence-corrected chi connectivity index (χ4v) is 2.98. The lowest BCUT2D eigenvalue weighted by Crippen LogP contribution is -2.36. The Balaban J connectivity index is 1.73. The first-order valence-corrected chi connectivity index (χ1v) is 8.64. The Morgan fingerprint density at radius 2 is 1.84 bits per heavy atom. The molecule has 6 nitrogen and oxygen atoms in total. The number of alkyl halides is 2. The highest BCUT2D eigenvalue weighted by Gasteiger charge is 2.69. The molecule has 1 fully saturated rings. The molecular formula is C17H20Cl2N2O4. The first-order chi connectivity index (χ1) is 11.7. The lowest BCUT2D eigenvalue weighted by atomic mass is 10.1. The van der Waals surface area contributed by atoms with Crippen molar-refractivity contribution in [1.29, 1.82) is 0 Å². The molecule has 0 saturated heterocycles. The third-order valence-electron chi connectivity index (χ3n) is 4.16. The Labute approximate surface area is 156 Å². The van der Waals surface area contributed by atoms with E-state index in [1.165, 1.54) is 0 Å². The van der Waals surface area contributed by atoms with Crippen LogP contribution < -0.4 is 10.6 Å². The molecule has 1 aromatic carbocycles. The molecule has 1 aliphatic carbocycles. The molecule has 2 amide bonds. The van der Waals surface area contributed by atoms with Crippen molar-refractivity contribution in [3.63, 3.8) is 0 Å². The van der Waals surface area contributed by atoms with Crippen molar-refractivity contribution < 1.29 is 19.1 Å². The number of esters is 1. The van der Waals surface area contributed by atoms with E-state index in [0.29, 0.717) is 5.69 Å². The number of ether oxygens (including phenoxy) is 1. The first-order valence-electron chi connectivity index (χ1n) is 7.89. The van der Waals surface area contributed by atoms with Crippen LogP contribution in [0.25, 0.3) is 0 Å². The largest absolute Gasteiger partial charge is 0.455 e. The standard InChI is InChI=1S/C17H20Cl2N2O4/c1-3-11-6-4-5-7-12(11)21-13(22)8-20-14(23)9-25-15(24)16(2)10-17(16,18)19/h4-7H,3,8-10H2,1-2H3,(H,20,23)(H,21,22)/t16-/m1/s1. The summed E-state index contributed by atoms with van der Waals surface area (Å²) in [6, 6.07) is 7.42. The van der Waals surface area contributed by atoms with E-state index < -0.39 is 28.2 Å². The number of aryl methyl sites for hydroxylation is 1. The van der Waals surface area contributed by atoms with Gasteiger partial charge in [0.05, 0.1) is 6.54 Å². The van der Waals surface area contributed by atoms with E-state index in [1.54, 1.807) is 13.0 Å². The van der Waals surface area contributed by atoms with Crippen molar-refractivity contribution in [3.05, 3.63) is 29.8 Å². The van der Waals surface area contributed by atoms with E-state index in [2.05, 4.69) is 10.6 Å². The van der Waals surface area contributed by atoms with Gasteiger partial charge in [-0.15, -0.1) is 23.2 Å². The van der Waals surface area contributed by atoms with Gasteiger partial charge in [0, 0.05) is 12.1 Å². The average Bonchev–Trinajstić information content (AvgIpc) is 3.10. The third kappa shape index (κ3) is 4.64. The van der Waals surface area contributed by atoms with Crippen molar-refractivity contribution >= 4 is 46.7 Å². The second-order valence-corrected chi connectivity index (χ2v) is 7.61. The highest BCUT2D eigenvalue weighted by molar-refractivity contribution is 6.53. The van der Waals surface area contributed by atoms with Crippen LogP contribution in [0.2, 0.25) is 0 Å². The van der Waals surface area contributed by atoms with E-state index in [0.717, 1.165) is 12.0 Å². The quantitative estimate of drug-likeness (QED) is 0.556. The molecule has 2 rings (SSSR count). The Hall–Kier alpha value is -1.79. The molecule has 0 aromatic heterocycles. The summed E-state index contributed by atoms with van der Waals surface area (Å²) in [4.78, 5) is 35.5. The molecule has 0 bridgehead atoms. The molecule has 1 aliphatic rings. The summed E-state index contributed by atoms with van der Waals surface area (Å²) in [7, 11) is 0. The molecule has 8 heteroatoms.